The van der Waals surface area contributed by atoms with Gasteiger partial charge in [0.1, 0.15) is 25.0 Å². The summed E-state index contributed by atoms with van der Waals surface area (Å²) in [6.07, 6.45) is 1.75. The topological polar surface area (TPSA) is 106 Å². The maximum Gasteiger partial charge on any atom is 0.411 e. The van der Waals surface area contributed by atoms with Gasteiger partial charge in [-0.25, -0.2) is 9.59 Å². The minimum Gasteiger partial charge on any atom is -0.469 e. The molecule has 3 aromatic rings. The van der Waals surface area contributed by atoms with Gasteiger partial charge in [0.05, 0.1) is 18.3 Å². The molecule has 0 bridgehead atoms. The maximum atomic E-state index is 14.0. The van der Waals surface area contributed by atoms with Crippen molar-refractivity contribution in [2.45, 2.75) is 64.4 Å². The first-order chi connectivity index (χ1) is 19.7. The predicted octanol–water partition coefficient (Wildman–Crippen LogP) is 4.71. The zero-order valence-electron chi connectivity index (χ0n) is 23.4. The summed E-state index contributed by atoms with van der Waals surface area (Å²) in [6, 6.07) is 18.6. The van der Waals surface area contributed by atoms with Crippen LogP contribution in [-0.4, -0.2) is 58.3 Å². The van der Waals surface area contributed by atoms with Gasteiger partial charge in [0, 0.05) is 11.8 Å². The van der Waals surface area contributed by atoms with Crippen molar-refractivity contribution < 1.29 is 33.1 Å². The zero-order chi connectivity index (χ0) is 29.1. The van der Waals surface area contributed by atoms with Crippen LogP contribution < -0.4 is 0 Å². The summed E-state index contributed by atoms with van der Waals surface area (Å²) >= 11 is 0. The van der Waals surface area contributed by atoms with Gasteiger partial charge in [-0.05, 0) is 29.7 Å². The summed E-state index contributed by atoms with van der Waals surface area (Å²) in [5.74, 6) is -1.04. The summed E-state index contributed by atoms with van der Waals surface area (Å²) in [5.41, 5.74) is 0.654. The number of rotatable bonds is 10. The smallest absolute Gasteiger partial charge is 0.411 e. The van der Waals surface area contributed by atoms with Gasteiger partial charge < -0.3 is 18.8 Å². The summed E-state index contributed by atoms with van der Waals surface area (Å²) in [4.78, 5) is 57.1. The lowest BCUT2D eigenvalue weighted by molar-refractivity contribution is -0.178. The Morgan fingerprint density at radius 3 is 2.29 bits per heavy atom. The molecule has 0 radical (unpaired) electrons. The number of carbonyl (C=O) groups is 4. The number of carbonyl (C=O) groups excluding carboxylic acids is 4. The number of ether oxygens (including phenoxy) is 2. The summed E-state index contributed by atoms with van der Waals surface area (Å²) in [5, 5.41) is 0. The first-order valence-electron chi connectivity index (χ1n) is 13.8. The molecule has 3 unspecified atom stereocenters. The Morgan fingerprint density at radius 2 is 1.66 bits per heavy atom. The van der Waals surface area contributed by atoms with Crippen LogP contribution in [0.5, 0.6) is 0 Å². The van der Waals surface area contributed by atoms with Crippen LogP contribution in [0.3, 0.4) is 0 Å². The van der Waals surface area contributed by atoms with E-state index in [1.807, 2.05) is 66.7 Å². The molecule has 0 N–H and O–H groups in total. The molecule has 2 saturated heterocycles. The molecule has 0 spiro atoms. The van der Waals surface area contributed by atoms with E-state index in [4.69, 9.17) is 13.9 Å². The Bertz CT molecular complexity index is 1380. The van der Waals surface area contributed by atoms with Crippen LogP contribution in [0.2, 0.25) is 0 Å². The van der Waals surface area contributed by atoms with Gasteiger partial charge in [-0.3, -0.25) is 14.5 Å². The van der Waals surface area contributed by atoms with Crippen molar-refractivity contribution >= 4 is 23.8 Å². The Morgan fingerprint density at radius 1 is 0.976 bits per heavy atom. The Hall–Kier alpha value is -4.40. The molecule has 41 heavy (non-hydrogen) atoms. The number of esters is 1. The van der Waals surface area contributed by atoms with E-state index in [1.54, 1.807) is 33.1 Å². The van der Waals surface area contributed by atoms with E-state index in [1.165, 1.54) is 9.80 Å². The fraction of sp³-hybridized carbons (Fsp3) is 0.375. The minimum atomic E-state index is -1.46. The molecule has 2 aromatic carbocycles. The molecule has 4 atom stereocenters. The van der Waals surface area contributed by atoms with Crippen molar-refractivity contribution in [2.75, 3.05) is 6.61 Å². The quantitative estimate of drug-likeness (QED) is 0.202. The van der Waals surface area contributed by atoms with Gasteiger partial charge in [-0.2, -0.15) is 0 Å². The highest BCUT2D eigenvalue weighted by molar-refractivity contribution is 6.10. The Balaban J connectivity index is 1.47. The van der Waals surface area contributed by atoms with Gasteiger partial charge >= 0.3 is 12.1 Å². The second kappa shape index (κ2) is 11.6. The van der Waals surface area contributed by atoms with Gasteiger partial charge in [0.25, 0.3) is 0 Å². The number of benzene rings is 2. The molecule has 214 valence electrons. The number of aryl methyl sites for hydroxylation is 1. The number of furan rings is 1. The lowest BCUT2D eigenvalue weighted by atomic mass is 9.80. The molecule has 0 aliphatic carbocycles. The number of cyclic esters (lactones) is 1. The van der Waals surface area contributed by atoms with Crippen molar-refractivity contribution in [2.24, 2.45) is 5.41 Å². The molecule has 2 amide bonds. The first-order valence-corrected chi connectivity index (χ1v) is 13.8. The van der Waals surface area contributed by atoms with Gasteiger partial charge in [0.15, 0.2) is 11.8 Å². The second-order valence-electron chi connectivity index (χ2n) is 11.4. The minimum absolute atomic E-state index is 0.0371. The van der Waals surface area contributed by atoms with Crippen LogP contribution in [-0.2, 0) is 36.9 Å². The van der Waals surface area contributed by atoms with Crippen molar-refractivity contribution in [3.05, 3.63) is 95.9 Å². The fourth-order valence-electron chi connectivity index (χ4n) is 5.45. The van der Waals surface area contributed by atoms with E-state index in [9.17, 15) is 19.2 Å². The molecule has 0 saturated carbocycles. The monoisotopic (exact) mass is 558 g/mol. The number of hydrogen-bond acceptors (Lipinski definition) is 7. The van der Waals surface area contributed by atoms with Crippen LogP contribution in [0.4, 0.5) is 4.79 Å². The van der Waals surface area contributed by atoms with E-state index in [-0.39, 0.29) is 13.2 Å². The van der Waals surface area contributed by atoms with E-state index in [0.29, 0.717) is 18.6 Å². The summed E-state index contributed by atoms with van der Waals surface area (Å²) < 4.78 is 16.5. The largest absolute Gasteiger partial charge is 0.469 e. The molecule has 3 heterocycles. The SMILES string of the molecule is CC(C)(C)C(=O)C(C(=O)OCc1ccccc1)N1C(=O)C(N2C(=O)OC[C@@H]2c2ccccc2)C1CCc1ccco1. The maximum absolute atomic E-state index is 14.0. The molecule has 9 nitrogen and oxygen atoms in total. The third kappa shape index (κ3) is 5.75. The van der Waals surface area contributed by atoms with Crippen LogP contribution in [0.25, 0.3) is 0 Å². The lowest BCUT2D eigenvalue weighted by Crippen LogP contribution is -2.76. The third-order valence-corrected chi connectivity index (χ3v) is 7.60. The summed E-state index contributed by atoms with van der Waals surface area (Å²) in [7, 11) is 0. The van der Waals surface area contributed by atoms with E-state index in [2.05, 4.69) is 0 Å². The number of likely N-dealkylation sites (tertiary alicyclic amines) is 1. The van der Waals surface area contributed by atoms with Crippen LogP contribution in [0.1, 0.15) is 50.1 Å². The normalized spacial score (nSPS) is 21.3. The molecular formula is C32H34N2O7. The van der Waals surface area contributed by atoms with Crippen molar-refractivity contribution in [1.82, 2.24) is 9.80 Å². The number of Topliss-reactive ketones (excluding diaryl/α,β-unsaturated/α-hetero) is 1. The first kappa shape index (κ1) is 28.1. The van der Waals surface area contributed by atoms with E-state index in [0.717, 1.165) is 11.1 Å². The van der Waals surface area contributed by atoms with Crippen molar-refractivity contribution in [3.8, 4) is 0 Å². The number of β-lactam (4-membered cyclic amide) rings is 1. The van der Waals surface area contributed by atoms with Crippen LogP contribution in [0.15, 0.2) is 83.5 Å². The van der Waals surface area contributed by atoms with Crippen molar-refractivity contribution in [3.63, 3.8) is 0 Å². The number of ketones is 1. The molecule has 5 rings (SSSR count). The van der Waals surface area contributed by atoms with E-state index >= 15 is 0 Å². The molecule has 2 fully saturated rings. The number of nitrogens with zero attached hydrogens (tertiary/aromatic N) is 2. The fourth-order valence-corrected chi connectivity index (χ4v) is 5.45. The van der Waals surface area contributed by atoms with Crippen LogP contribution >= 0.6 is 0 Å². The molecule has 9 heteroatoms. The molecular weight excluding hydrogens is 524 g/mol. The highest BCUT2D eigenvalue weighted by Gasteiger charge is 2.60. The lowest BCUT2D eigenvalue weighted by Gasteiger charge is -2.53. The molecule has 2 aliphatic rings. The van der Waals surface area contributed by atoms with Crippen LogP contribution in [0, 0.1) is 5.41 Å². The number of amides is 2. The van der Waals surface area contributed by atoms with Gasteiger partial charge in [-0.1, -0.05) is 81.4 Å². The van der Waals surface area contributed by atoms with Crippen molar-refractivity contribution in [1.29, 1.82) is 0 Å². The molecule has 1 aromatic heterocycles. The summed E-state index contributed by atoms with van der Waals surface area (Å²) in [6.45, 7) is 5.17. The van der Waals surface area contributed by atoms with E-state index < -0.39 is 53.3 Å². The zero-order valence-corrected chi connectivity index (χ0v) is 23.4. The average molecular weight is 559 g/mol. The molecule has 2 aliphatic heterocycles. The van der Waals surface area contributed by atoms with Gasteiger partial charge in [-0.15, -0.1) is 0 Å². The second-order valence-corrected chi connectivity index (χ2v) is 11.4. The standard InChI is InChI=1S/C32H34N2O7/c1-32(2,3)28(35)27(30(37)40-19-21-11-6-4-7-12-21)33-24(17-16-23-15-10-18-39-23)26(29(33)36)34-25(20-41-31(34)38)22-13-8-5-9-14-22/h4-15,18,24-27H,16-17,19-20H2,1-3H3/t24?,25-,26?,27?/m1/s1. The Labute approximate surface area is 239 Å². The Kier molecular flexibility index (Phi) is 7.97. The number of hydrogen-bond donors (Lipinski definition) is 0. The highest BCUT2D eigenvalue weighted by Crippen LogP contribution is 2.40. The average Bonchev–Trinajstić information content (AvgIpc) is 3.62. The highest BCUT2D eigenvalue weighted by atomic mass is 16.6. The van der Waals surface area contributed by atoms with Gasteiger partial charge in [0.2, 0.25) is 5.91 Å². The third-order valence-electron chi connectivity index (χ3n) is 7.60. The predicted molar refractivity (Wildman–Crippen MR) is 148 cm³/mol.